The molecule has 0 aromatic carbocycles. The molecule has 1 aliphatic heterocycles. The second kappa shape index (κ2) is 5.69. The van der Waals surface area contributed by atoms with E-state index in [4.69, 9.17) is 4.74 Å². The zero-order valence-electron chi connectivity index (χ0n) is 11.9. The molecule has 1 saturated heterocycles. The lowest BCUT2D eigenvalue weighted by Crippen LogP contribution is -2.54. The monoisotopic (exact) mass is 256 g/mol. The van der Waals surface area contributed by atoms with Gasteiger partial charge in [-0.05, 0) is 25.3 Å². The summed E-state index contributed by atoms with van der Waals surface area (Å²) in [4.78, 5) is 25.8. The Morgan fingerprint density at radius 3 is 2.44 bits per heavy atom. The van der Waals surface area contributed by atoms with E-state index in [2.05, 4.69) is 5.32 Å². The van der Waals surface area contributed by atoms with Crippen molar-refractivity contribution in [3.63, 3.8) is 0 Å². The molecule has 0 unspecified atom stereocenters. The third kappa shape index (κ3) is 3.02. The van der Waals surface area contributed by atoms with Crippen LogP contribution in [0.25, 0.3) is 0 Å². The summed E-state index contributed by atoms with van der Waals surface area (Å²) in [5, 5.41) is 3.05. The number of nitrogens with zero attached hydrogens (tertiary/aromatic N) is 1. The molecule has 1 N–H and O–H groups in total. The Kier molecular flexibility index (Phi) is 4.73. The van der Waals surface area contributed by atoms with Gasteiger partial charge in [0.15, 0.2) is 0 Å². The van der Waals surface area contributed by atoms with E-state index in [0.29, 0.717) is 13.0 Å². The largest absolute Gasteiger partial charge is 0.467 e. The van der Waals surface area contributed by atoms with Crippen LogP contribution in [0, 0.1) is 5.41 Å². The van der Waals surface area contributed by atoms with E-state index in [1.807, 2.05) is 20.8 Å². The van der Waals surface area contributed by atoms with E-state index in [1.165, 1.54) is 7.11 Å². The molecule has 1 amide bonds. The Labute approximate surface area is 109 Å². The summed E-state index contributed by atoms with van der Waals surface area (Å²) in [6.07, 6.45) is 1.55. The van der Waals surface area contributed by atoms with Crippen LogP contribution in [-0.2, 0) is 14.3 Å². The number of carbonyl (C=O) groups excluding carboxylic acids is 2. The molecular formula is C13H24N2O3. The average molecular weight is 256 g/mol. The quantitative estimate of drug-likeness (QED) is 0.758. The number of methoxy groups -OCH3 is 1. The zero-order chi connectivity index (χ0) is 13.9. The lowest BCUT2D eigenvalue weighted by Gasteiger charge is -2.34. The minimum absolute atomic E-state index is 0.0158. The van der Waals surface area contributed by atoms with Crippen molar-refractivity contribution in [1.29, 1.82) is 0 Å². The normalized spacial score (nSPS) is 21.8. The summed E-state index contributed by atoms with van der Waals surface area (Å²) < 4.78 is 4.76. The van der Waals surface area contributed by atoms with Crippen LogP contribution >= 0.6 is 0 Å². The Morgan fingerprint density at radius 2 is 2.00 bits per heavy atom. The molecule has 5 nitrogen and oxygen atoms in total. The molecule has 0 aliphatic carbocycles. The lowest BCUT2D eigenvalue weighted by molar-refractivity contribution is -0.152. The highest BCUT2D eigenvalue weighted by Gasteiger charge is 2.40. The van der Waals surface area contributed by atoms with Crippen molar-refractivity contribution in [3.05, 3.63) is 0 Å². The summed E-state index contributed by atoms with van der Waals surface area (Å²) in [5.41, 5.74) is -0.185. The van der Waals surface area contributed by atoms with Gasteiger partial charge in [-0.25, -0.2) is 4.79 Å². The summed E-state index contributed by atoms with van der Waals surface area (Å²) in [6.45, 7) is 6.66. The number of rotatable bonds is 3. The van der Waals surface area contributed by atoms with Crippen LogP contribution in [-0.4, -0.2) is 49.6 Å². The van der Waals surface area contributed by atoms with Crippen LogP contribution in [0.15, 0.2) is 0 Å². The Bertz CT molecular complexity index is 323. The lowest BCUT2D eigenvalue weighted by atomic mass is 9.86. The van der Waals surface area contributed by atoms with Gasteiger partial charge in [-0.2, -0.15) is 0 Å². The molecule has 5 heteroatoms. The molecule has 104 valence electrons. The number of carbonyl (C=O) groups is 2. The van der Waals surface area contributed by atoms with Gasteiger partial charge < -0.3 is 15.0 Å². The minimum atomic E-state index is -0.416. The van der Waals surface area contributed by atoms with E-state index in [1.54, 1.807) is 11.9 Å². The van der Waals surface area contributed by atoms with Crippen LogP contribution < -0.4 is 5.32 Å². The van der Waals surface area contributed by atoms with Crippen molar-refractivity contribution in [3.8, 4) is 0 Å². The number of ether oxygens (including phenoxy) is 1. The number of amides is 1. The first-order valence-corrected chi connectivity index (χ1v) is 6.38. The molecule has 0 aromatic rings. The first kappa shape index (κ1) is 15.0. The Hall–Kier alpha value is -1.10. The van der Waals surface area contributed by atoms with Crippen molar-refractivity contribution >= 4 is 11.9 Å². The Morgan fingerprint density at radius 1 is 1.39 bits per heavy atom. The molecule has 1 fully saturated rings. The SMILES string of the molecule is CN[C@H](C(=O)N1CCC[C@H]1C(=O)OC)C(C)(C)C. The van der Waals surface area contributed by atoms with Gasteiger partial charge in [0.25, 0.3) is 0 Å². The van der Waals surface area contributed by atoms with E-state index in [0.717, 1.165) is 6.42 Å². The van der Waals surface area contributed by atoms with E-state index in [-0.39, 0.29) is 23.3 Å². The van der Waals surface area contributed by atoms with Crippen molar-refractivity contribution in [1.82, 2.24) is 10.2 Å². The maximum absolute atomic E-state index is 12.5. The molecule has 1 aliphatic rings. The summed E-state index contributed by atoms with van der Waals surface area (Å²) in [7, 11) is 3.14. The molecule has 0 bridgehead atoms. The van der Waals surface area contributed by atoms with Gasteiger partial charge in [-0.15, -0.1) is 0 Å². The van der Waals surface area contributed by atoms with Gasteiger partial charge in [0.05, 0.1) is 13.2 Å². The summed E-state index contributed by atoms with van der Waals surface area (Å²) in [6, 6.07) is -0.705. The van der Waals surface area contributed by atoms with Gasteiger partial charge in [-0.3, -0.25) is 4.79 Å². The molecule has 0 radical (unpaired) electrons. The zero-order valence-corrected chi connectivity index (χ0v) is 11.9. The Balaban J connectivity index is 2.85. The van der Waals surface area contributed by atoms with Crippen LogP contribution in [0.5, 0.6) is 0 Å². The van der Waals surface area contributed by atoms with Crippen LogP contribution in [0.3, 0.4) is 0 Å². The smallest absolute Gasteiger partial charge is 0.328 e. The van der Waals surface area contributed by atoms with Crippen LogP contribution in [0.2, 0.25) is 0 Å². The number of likely N-dealkylation sites (tertiary alicyclic amines) is 1. The maximum atomic E-state index is 12.5. The highest BCUT2D eigenvalue weighted by Crippen LogP contribution is 2.25. The highest BCUT2D eigenvalue weighted by atomic mass is 16.5. The molecule has 0 spiro atoms. The van der Waals surface area contributed by atoms with Crippen molar-refractivity contribution in [2.75, 3.05) is 20.7 Å². The highest BCUT2D eigenvalue weighted by molar-refractivity contribution is 5.88. The maximum Gasteiger partial charge on any atom is 0.328 e. The predicted octanol–water partition coefficient (Wildman–Crippen LogP) is 0.784. The van der Waals surface area contributed by atoms with Crippen molar-refractivity contribution in [2.45, 2.75) is 45.7 Å². The standard InChI is InChI=1S/C13H24N2O3/c1-13(2,3)10(14-4)11(16)15-8-6-7-9(15)12(17)18-5/h9-10,14H,6-8H2,1-5H3/t9-,10+/m0/s1. The number of hydrogen-bond donors (Lipinski definition) is 1. The molecule has 2 atom stereocenters. The van der Waals surface area contributed by atoms with Gasteiger partial charge in [0, 0.05) is 6.54 Å². The molecule has 18 heavy (non-hydrogen) atoms. The second-order valence-electron chi connectivity index (χ2n) is 5.80. The van der Waals surface area contributed by atoms with E-state index >= 15 is 0 Å². The van der Waals surface area contributed by atoms with Crippen molar-refractivity contribution in [2.24, 2.45) is 5.41 Å². The average Bonchev–Trinajstić information content (AvgIpc) is 2.75. The van der Waals surface area contributed by atoms with E-state index < -0.39 is 6.04 Å². The van der Waals surface area contributed by atoms with Gasteiger partial charge in [-0.1, -0.05) is 20.8 Å². The molecule has 1 rings (SSSR count). The second-order valence-corrected chi connectivity index (χ2v) is 5.80. The number of nitrogens with one attached hydrogen (secondary N) is 1. The molecular weight excluding hydrogens is 232 g/mol. The minimum Gasteiger partial charge on any atom is -0.467 e. The molecule has 0 saturated carbocycles. The van der Waals surface area contributed by atoms with Crippen LogP contribution in [0.1, 0.15) is 33.6 Å². The van der Waals surface area contributed by atoms with Crippen molar-refractivity contribution < 1.29 is 14.3 Å². The number of esters is 1. The first-order valence-electron chi connectivity index (χ1n) is 6.38. The third-order valence-electron chi connectivity index (χ3n) is 3.41. The van der Waals surface area contributed by atoms with E-state index in [9.17, 15) is 9.59 Å². The number of likely N-dealkylation sites (N-methyl/N-ethyl adjacent to an activating group) is 1. The first-order chi connectivity index (χ1) is 8.32. The number of hydrogen-bond acceptors (Lipinski definition) is 4. The van der Waals surface area contributed by atoms with Gasteiger partial charge >= 0.3 is 5.97 Å². The molecule has 1 heterocycles. The summed E-state index contributed by atoms with van der Waals surface area (Å²) >= 11 is 0. The van der Waals surface area contributed by atoms with Crippen LogP contribution in [0.4, 0.5) is 0 Å². The third-order valence-corrected chi connectivity index (χ3v) is 3.41. The van der Waals surface area contributed by atoms with Gasteiger partial charge in [0.2, 0.25) is 5.91 Å². The van der Waals surface area contributed by atoms with Gasteiger partial charge in [0.1, 0.15) is 6.04 Å². The molecule has 0 aromatic heterocycles. The predicted molar refractivity (Wildman–Crippen MR) is 69.1 cm³/mol. The summed E-state index contributed by atoms with van der Waals surface area (Å²) in [5.74, 6) is -0.331. The fraction of sp³-hybridized carbons (Fsp3) is 0.846. The fourth-order valence-corrected chi connectivity index (χ4v) is 2.50. The fourth-order valence-electron chi connectivity index (χ4n) is 2.50. The topological polar surface area (TPSA) is 58.6 Å².